The maximum atomic E-state index is 9.66. The standard InChI is InChI=1S/C9H15N2O2P/c1-2-13-4-5-3-6(10)9(14)7(11)8(5)12/h3,12H,2,4,10-11,14H2,1H3. The molecular formula is C9H15N2O2P. The molecule has 0 saturated heterocycles. The van der Waals surface area contributed by atoms with Crippen LogP contribution in [0, 0.1) is 0 Å². The van der Waals surface area contributed by atoms with Crippen LogP contribution in [-0.4, -0.2) is 11.7 Å². The summed E-state index contributed by atoms with van der Waals surface area (Å²) in [6.07, 6.45) is 0. The first kappa shape index (κ1) is 11.1. The van der Waals surface area contributed by atoms with Gasteiger partial charge in [0.1, 0.15) is 5.75 Å². The summed E-state index contributed by atoms with van der Waals surface area (Å²) >= 11 is 0. The lowest BCUT2D eigenvalue weighted by Gasteiger charge is -2.11. The molecule has 0 heterocycles. The van der Waals surface area contributed by atoms with E-state index in [0.29, 0.717) is 35.5 Å². The number of phenols is 1. The number of hydrogen-bond donors (Lipinski definition) is 3. The van der Waals surface area contributed by atoms with Crippen molar-refractivity contribution in [3.05, 3.63) is 11.6 Å². The second kappa shape index (κ2) is 4.49. The van der Waals surface area contributed by atoms with Gasteiger partial charge in [-0.3, -0.25) is 0 Å². The molecular weight excluding hydrogens is 199 g/mol. The quantitative estimate of drug-likeness (QED) is 0.298. The lowest BCUT2D eigenvalue weighted by Crippen LogP contribution is -2.10. The van der Waals surface area contributed by atoms with Crippen LogP contribution in [0.3, 0.4) is 0 Å². The molecule has 0 radical (unpaired) electrons. The molecule has 0 aliphatic carbocycles. The Morgan fingerprint density at radius 3 is 2.71 bits per heavy atom. The van der Waals surface area contributed by atoms with Crippen LogP contribution in [0.4, 0.5) is 11.4 Å². The lowest BCUT2D eigenvalue weighted by atomic mass is 10.1. The predicted molar refractivity (Wildman–Crippen MR) is 61.6 cm³/mol. The van der Waals surface area contributed by atoms with E-state index in [1.807, 2.05) is 6.92 Å². The van der Waals surface area contributed by atoms with Crippen molar-refractivity contribution in [2.24, 2.45) is 0 Å². The Morgan fingerprint density at radius 2 is 2.14 bits per heavy atom. The monoisotopic (exact) mass is 214 g/mol. The molecule has 1 aromatic rings. The summed E-state index contributed by atoms with van der Waals surface area (Å²) in [6.45, 7) is 2.79. The molecule has 0 spiro atoms. The molecule has 1 rings (SSSR count). The van der Waals surface area contributed by atoms with Gasteiger partial charge in [-0.05, 0) is 13.0 Å². The zero-order valence-corrected chi connectivity index (χ0v) is 9.23. The van der Waals surface area contributed by atoms with Crippen molar-refractivity contribution in [1.29, 1.82) is 0 Å². The van der Waals surface area contributed by atoms with E-state index in [1.165, 1.54) is 0 Å². The Bertz CT molecular complexity index is 342. The number of nitrogen functional groups attached to an aromatic ring is 2. The maximum Gasteiger partial charge on any atom is 0.144 e. The zero-order chi connectivity index (χ0) is 10.7. The minimum atomic E-state index is 0.0534. The fraction of sp³-hybridized carbons (Fsp3) is 0.333. The molecule has 14 heavy (non-hydrogen) atoms. The molecule has 4 nitrogen and oxygen atoms in total. The summed E-state index contributed by atoms with van der Waals surface area (Å²) in [5.74, 6) is 0.0534. The van der Waals surface area contributed by atoms with Gasteiger partial charge in [0.25, 0.3) is 0 Å². The van der Waals surface area contributed by atoms with Crippen LogP contribution >= 0.6 is 9.24 Å². The third-order valence-electron chi connectivity index (χ3n) is 1.95. The SMILES string of the molecule is CCOCc1cc(N)c(P)c(N)c1O. The van der Waals surface area contributed by atoms with E-state index >= 15 is 0 Å². The van der Waals surface area contributed by atoms with E-state index in [4.69, 9.17) is 16.2 Å². The molecule has 0 aliphatic rings. The molecule has 0 saturated carbocycles. The van der Waals surface area contributed by atoms with Crippen molar-refractivity contribution < 1.29 is 9.84 Å². The largest absolute Gasteiger partial charge is 0.505 e. The molecule has 0 aliphatic heterocycles. The number of benzene rings is 1. The van der Waals surface area contributed by atoms with Gasteiger partial charge in [0, 0.05) is 23.2 Å². The van der Waals surface area contributed by atoms with Gasteiger partial charge in [0.2, 0.25) is 0 Å². The van der Waals surface area contributed by atoms with Crippen LogP contribution < -0.4 is 16.8 Å². The fourth-order valence-corrected chi connectivity index (χ4v) is 1.33. The molecule has 0 bridgehead atoms. The number of aromatic hydroxyl groups is 1. The second-order valence-corrected chi connectivity index (χ2v) is 3.52. The number of nitrogens with two attached hydrogens (primary N) is 2. The summed E-state index contributed by atoms with van der Waals surface area (Å²) in [7, 11) is 2.40. The molecule has 0 amide bonds. The van der Waals surface area contributed by atoms with Gasteiger partial charge in [-0.25, -0.2) is 0 Å². The molecule has 5 N–H and O–H groups in total. The van der Waals surface area contributed by atoms with E-state index in [0.717, 1.165) is 0 Å². The Balaban J connectivity index is 3.06. The highest BCUT2D eigenvalue weighted by molar-refractivity contribution is 7.28. The normalized spacial score (nSPS) is 10.4. The van der Waals surface area contributed by atoms with Gasteiger partial charge in [-0.15, -0.1) is 9.24 Å². The minimum Gasteiger partial charge on any atom is -0.505 e. The molecule has 0 fully saturated rings. The number of anilines is 2. The summed E-state index contributed by atoms with van der Waals surface area (Å²) in [5, 5.41) is 10.3. The minimum absolute atomic E-state index is 0.0534. The van der Waals surface area contributed by atoms with Crippen molar-refractivity contribution in [3.63, 3.8) is 0 Å². The number of hydrogen-bond acceptors (Lipinski definition) is 4. The van der Waals surface area contributed by atoms with Crippen LogP contribution in [0.2, 0.25) is 0 Å². The van der Waals surface area contributed by atoms with Gasteiger partial charge in [-0.2, -0.15) is 0 Å². The van der Waals surface area contributed by atoms with Gasteiger partial charge in [0.05, 0.1) is 12.3 Å². The summed E-state index contributed by atoms with van der Waals surface area (Å²) in [6, 6.07) is 1.67. The summed E-state index contributed by atoms with van der Waals surface area (Å²) < 4.78 is 5.17. The lowest BCUT2D eigenvalue weighted by molar-refractivity contribution is 0.132. The molecule has 1 atom stereocenters. The summed E-state index contributed by atoms with van der Waals surface area (Å²) in [5.41, 5.74) is 12.8. The van der Waals surface area contributed by atoms with Crippen molar-refractivity contribution in [3.8, 4) is 5.75 Å². The Labute approximate surface area is 85.4 Å². The third kappa shape index (κ3) is 2.08. The van der Waals surface area contributed by atoms with Gasteiger partial charge >= 0.3 is 0 Å². The van der Waals surface area contributed by atoms with E-state index in [9.17, 15) is 5.11 Å². The van der Waals surface area contributed by atoms with Gasteiger partial charge < -0.3 is 21.3 Å². The van der Waals surface area contributed by atoms with Crippen LogP contribution in [0.1, 0.15) is 12.5 Å². The maximum absolute atomic E-state index is 9.66. The van der Waals surface area contributed by atoms with Crippen LogP contribution in [-0.2, 0) is 11.3 Å². The zero-order valence-electron chi connectivity index (χ0n) is 8.08. The Kier molecular flexibility index (Phi) is 3.55. The van der Waals surface area contributed by atoms with Crippen LogP contribution in [0.15, 0.2) is 6.07 Å². The van der Waals surface area contributed by atoms with Crippen molar-refractivity contribution >= 4 is 25.9 Å². The van der Waals surface area contributed by atoms with Crippen molar-refractivity contribution in [2.45, 2.75) is 13.5 Å². The molecule has 1 unspecified atom stereocenters. The molecule has 78 valence electrons. The fourth-order valence-electron chi connectivity index (χ4n) is 1.11. The van der Waals surface area contributed by atoms with Gasteiger partial charge in [-0.1, -0.05) is 0 Å². The molecule has 5 heteroatoms. The Morgan fingerprint density at radius 1 is 1.50 bits per heavy atom. The highest BCUT2D eigenvalue weighted by Gasteiger charge is 2.10. The smallest absolute Gasteiger partial charge is 0.144 e. The first-order valence-corrected chi connectivity index (χ1v) is 4.88. The number of phenolic OH excluding ortho intramolecular Hbond substituents is 1. The number of ether oxygens (including phenoxy) is 1. The average Bonchev–Trinajstić information content (AvgIpc) is 2.18. The van der Waals surface area contributed by atoms with E-state index in [2.05, 4.69) is 9.24 Å². The van der Waals surface area contributed by atoms with Gasteiger partial charge in [0.15, 0.2) is 0 Å². The highest BCUT2D eigenvalue weighted by Crippen LogP contribution is 2.28. The van der Waals surface area contributed by atoms with Crippen LogP contribution in [0.25, 0.3) is 0 Å². The highest BCUT2D eigenvalue weighted by atomic mass is 31.0. The topological polar surface area (TPSA) is 81.5 Å². The summed E-state index contributed by atoms with van der Waals surface area (Å²) in [4.78, 5) is 0. The second-order valence-electron chi connectivity index (χ2n) is 2.94. The van der Waals surface area contributed by atoms with E-state index in [-0.39, 0.29) is 5.75 Å². The van der Waals surface area contributed by atoms with E-state index in [1.54, 1.807) is 6.07 Å². The van der Waals surface area contributed by atoms with Crippen molar-refractivity contribution in [1.82, 2.24) is 0 Å². The number of rotatable bonds is 3. The van der Waals surface area contributed by atoms with E-state index < -0.39 is 0 Å². The van der Waals surface area contributed by atoms with Crippen molar-refractivity contribution in [2.75, 3.05) is 18.1 Å². The molecule has 0 aromatic heterocycles. The molecule has 1 aromatic carbocycles. The van der Waals surface area contributed by atoms with Crippen LogP contribution in [0.5, 0.6) is 5.75 Å². The first-order valence-electron chi connectivity index (χ1n) is 4.30. The predicted octanol–water partition coefficient (Wildman–Crippen LogP) is 0.593. The third-order valence-corrected chi connectivity index (χ3v) is 2.60. The average molecular weight is 214 g/mol. The first-order chi connectivity index (χ1) is 6.57. The Hall–Kier alpha value is -0.990.